The maximum atomic E-state index is 14.8. The Balaban J connectivity index is 0.00000190. The van der Waals surface area contributed by atoms with Crippen LogP contribution in [0.4, 0.5) is 5.82 Å². The van der Waals surface area contributed by atoms with Crippen molar-refractivity contribution in [3.63, 3.8) is 0 Å². The number of fused-ring (bicyclic) bond motifs is 7. The number of nitrogens with zero attached hydrogens (tertiary/aromatic N) is 4. The molecule has 2 unspecified atom stereocenters. The second-order valence-corrected chi connectivity index (χ2v) is 16.9. The molecule has 3 saturated carbocycles. The van der Waals surface area contributed by atoms with Gasteiger partial charge in [-0.25, -0.2) is 18.1 Å². The number of amides is 2. The number of carbonyl (C=O) groups is 2. The van der Waals surface area contributed by atoms with Crippen molar-refractivity contribution in [2.75, 3.05) is 38.2 Å². The topological polar surface area (TPSA) is 114 Å². The minimum Gasteiger partial charge on any atom is -0.497 e. The summed E-state index contributed by atoms with van der Waals surface area (Å²) in [5.74, 6) is 1.68. The van der Waals surface area contributed by atoms with E-state index in [2.05, 4.69) is 31.3 Å². The van der Waals surface area contributed by atoms with Crippen molar-refractivity contribution in [1.29, 1.82) is 0 Å². The second-order valence-electron chi connectivity index (χ2n) is 14.9. The molecule has 3 aliphatic carbocycles. The Labute approximate surface area is 306 Å². The number of aromatic nitrogens is 2. The zero-order valence-corrected chi connectivity index (χ0v) is 31.3. The highest BCUT2D eigenvalue weighted by atomic mass is 32.2. The Morgan fingerprint density at radius 2 is 1.69 bits per heavy atom. The molecule has 2 aliphatic heterocycles. The molecule has 1 saturated heterocycles. The van der Waals surface area contributed by atoms with E-state index in [1.165, 1.54) is 24.8 Å². The fraction of sp³-hybridized carbons (Fsp3) is 0.488. The third-order valence-electron chi connectivity index (χ3n) is 11.9. The molecular formula is C41H49N5O5S. The molecule has 4 aromatic rings. The second kappa shape index (κ2) is 13.5. The summed E-state index contributed by atoms with van der Waals surface area (Å²) in [5.41, 5.74) is 5.26. The number of ether oxygens (including phenoxy) is 1. The number of nitrogens with one attached hydrogen (secondary N) is 1. The van der Waals surface area contributed by atoms with Gasteiger partial charge in [-0.15, -0.1) is 0 Å². The van der Waals surface area contributed by atoms with Crippen LogP contribution in [0.2, 0.25) is 0 Å². The molecular weight excluding hydrogens is 675 g/mol. The van der Waals surface area contributed by atoms with E-state index in [-0.39, 0.29) is 11.8 Å². The first kappa shape index (κ1) is 34.7. The number of hydrogen-bond acceptors (Lipinski definition) is 7. The summed E-state index contributed by atoms with van der Waals surface area (Å²) in [7, 11) is -2.02. The molecule has 1 N–H and O–H groups in total. The van der Waals surface area contributed by atoms with Gasteiger partial charge in [-0.1, -0.05) is 45.2 Å². The first-order valence-electron chi connectivity index (χ1n) is 19.1. The van der Waals surface area contributed by atoms with Gasteiger partial charge in [0.05, 0.1) is 23.5 Å². The number of sulfonamides is 1. The van der Waals surface area contributed by atoms with Gasteiger partial charge in [0.25, 0.3) is 5.91 Å². The van der Waals surface area contributed by atoms with Gasteiger partial charge in [0.1, 0.15) is 11.6 Å². The van der Waals surface area contributed by atoms with Crippen LogP contribution in [0.1, 0.15) is 98.5 Å². The third-order valence-corrected chi connectivity index (χ3v) is 13.8. The molecule has 2 aromatic carbocycles. The summed E-state index contributed by atoms with van der Waals surface area (Å²) in [6.45, 7) is 7.19. The van der Waals surface area contributed by atoms with Crippen LogP contribution in [0.15, 0.2) is 60.8 Å². The van der Waals surface area contributed by atoms with Gasteiger partial charge >= 0.3 is 0 Å². The molecule has 11 heteroatoms. The summed E-state index contributed by atoms with van der Waals surface area (Å²) in [6, 6.07) is 17.9. The van der Waals surface area contributed by atoms with E-state index >= 15 is 0 Å². The zero-order valence-electron chi connectivity index (χ0n) is 30.4. The highest BCUT2D eigenvalue weighted by Crippen LogP contribution is 2.66. The van der Waals surface area contributed by atoms with Crippen LogP contribution >= 0.6 is 0 Å². The van der Waals surface area contributed by atoms with Crippen molar-refractivity contribution in [2.24, 2.45) is 5.41 Å². The number of pyridine rings is 1. The third kappa shape index (κ3) is 5.94. The van der Waals surface area contributed by atoms with E-state index in [1.807, 2.05) is 55.1 Å². The predicted octanol–water partition coefficient (Wildman–Crippen LogP) is 6.84. The Kier molecular flexibility index (Phi) is 9.04. The van der Waals surface area contributed by atoms with Crippen molar-refractivity contribution in [1.82, 2.24) is 19.2 Å². The summed E-state index contributed by atoms with van der Waals surface area (Å²) in [6.07, 6.45) is 9.45. The van der Waals surface area contributed by atoms with E-state index in [0.717, 1.165) is 71.6 Å². The quantitative estimate of drug-likeness (QED) is 0.222. The molecule has 10 nitrogen and oxygen atoms in total. The largest absolute Gasteiger partial charge is 0.497 e. The molecule has 5 aliphatic rings. The van der Waals surface area contributed by atoms with Crippen LogP contribution in [0.5, 0.6) is 5.75 Å². The van der Waals surface area contributed by atoms with Crippen molar-refractivity contribution in [2.45, 2.75) is 88.8 Å². The fourth-order valence-electron chi connectivity index (χ4n) is 9.07. The van der Waals surface area contributed by atoms with Crippen molar-refractivity contribution in [3.05, 3.63) is 77.5 Å². The van der Waals surface area contributed by atoms with Gasteiger partial charge in [0.2, 0.25) is 15.9 Å². The standard InChI is InChI=1S/C39H43N5O5S.C2H6/c1-49-27-11-15-29-31(22-27)32-23-39(32,38(46)43-19-17-42(18-20-43)34-9-5-6-16-40-34)24-44-33-21-26(37(45)41-50(47,48)28-12-13-28)10-14-30(33)35(36(29)44)25-7-3-2-4-8-25;1-2/h5-6,9-11,14-16,21-22,25,28,32H,2-4,7-8,12-13,17-20,23-24H2,1H3,(H,41,45);1-2H3. The smallest absolute Gasteiger partial charge is 0.264 e. The monoisotopic (exact) mass is 723 g/mol. The molecule has 2 atom stereocenters. The Morgan fingerprint density at radius 3 is 2.38 bits per heavy atom. The highest BCUT2D eigenvalue weighted by Gasteiger charge is 2.64. The molecule has 0 radical (unpaired) electrons. The van der Waals surface area contributed by atoms with Gasteiger partial charge < -0.3 is 19.1 Å². The van der Waals surface area contributed by atoms with Crippen LogP contribution in [-0.4, -0.2) is 73.2 Å². The molecule has 52 heavy (non-hydrogen) atoms. The molecule has 2 aromatic heterocycles. The minimum atomic E-state index is -3.70. The molecule has 4 heterocycles. The van der Waals surface area contributed by atoms with E-state index < -0.39 is 26.6 Å². The van der Waals surface area contributed by atoms with E-state index in [0.29, 0.717) is 44.0 Å². The zero-order chi connectivity index (χ0) is 36.2. The van der Waals surface area contributed by atoms with Crippen molar-refractivity contribution in [3.8, 4) is 17.0 Å². The Hall–Kier alpha value is -4.38. The van der Waals surface area contributed by atoms with Crippen molar-refractivity contribution >= 4 is 38.6 Å². The van der Waals surface area contributed by atoms with E-state index in [4.69, 9.17) is 4.74 Å². The number of rotatable bonds is 7. The Morgan fingerprint density at radius 1 is 0.923 bits per heavy atom. The molecule has 274 valence electrons. The summed E-state index contributed by atoms with van der Waals surface area (Å²) >= 11 is 0. The number of piperazine rings is 1. The molecule has 2 amide bonds. The average molecular weight is 724 g/mol. The Bertz CT molecular complexity index is 2110. The normalized spacial score (nSPS) is 22.6. The molecule has 4 fully saturated rings. The lowest BCUT2D eigenvalue weighted by atomic mass is 9.81. The van der Waals surface area contributed by atoms with E-state index in [9.17, 15) is 18.0 Å². The molecule has 9 rings (SSSR count). The van der Waals surface area contributed by atoms with Crippen LogP contribution in [0.25, 0.3) is 22.2 Å². The van der Waals surface area contributed by atoms with Crippen molar-refractivity contribution < 1.29 is 22.7 Å². The first-order valence-corrected chi connectivity index (χ1v) is 20.7. The van der Waals surface area contributed by atoms with Gasteiger partial charge in [0.15, 0.2) is 0 Å². The summed E-state index contributed by atoms with van der Waals surface area (Å²) < 4.78 is 35.9. The van der Waals surface area contributed by atoms with Crippen LogP contribution < -0.4 is 14.4 Å². The van der Waals surface area contributed by atoms with Gasteiger partial charge in [-0.3, -0.25) is 9.59 Å². The molecule has 0 spiro atoms. The first-order chi connectivity index (χ1) is 25.3. The summed E-state index contributed by atoms with van der Waals surface area (Å²) in [4.78, 5) is 37.1. The predicted molar refractivity (Wildman–Crippen MR) is 203 cm³/mol. The average Bonchev–Trinajstić information content (AvgIpc) is 4.12. The number of carbonyl (C=O) groups excluding carboxylic acids is 2. The molecule has 0 bridgehead atoms. The van der Waals surface area contributed by atoms with E-state index in [1.54, 1.807) is 19.4 Å². The number of benzene rings is 2. The SMILES string of the molecule is CC.COc1ccc2c(c1)C1CC1(C(=O)N1CCN(c3ccccn3)CC1)Cn1c-2c(C2CCCCC2)c2ccc(C(=O)NS(=O)(=O)C3CC3)cc21. The summed E-state index contributed by atoms with van der Waals surface area (Å²) in [5, 5.41) is 0.593. The van der Waals surface area contributed by atoms with Gasteiger partial charge in [-0.05, 0) is 91.6 Å². The fourth-order valence-corrected chi connectivity index (χ4v) is 10.4. The van der Waals surface area contributed by atoms with Gasteiger partial charge in [-0.2, -0.15) is 0 Å². The van der Waals surface area contributed by atoms with Gasteiger partial charge in [0, 0.05) is 66.9 Å². The maximum absolute atomic E-state index is 14.8. The lowest BCUT2D eigenvalue weighted by Crippen LogP contribution is -2.51. The number of anilines is 1. The highest BCUT2D eigenvalue weighted by molar-refractivity contribution is 7.91. The van der Waals surface area contributed by atoms with Crippen LogP contribution in [0, 0.1) is 5.41 Å². The van der Waals surface area contributed by atoms with Crippen LogP contribution in [0.3, 0.4) is 0 Å². The van der Waals surface area contributed by atoms with Crippen LogP contribution in [-0.2, 0) is 21.4 Å². The number of methoxy groups -OCH3 is 1. The maximum Gasteiger partial charge on any atom is 0.264 e. The lowest BCUT2D eigenvalue weighted by Gasteiger charge is -2.37. The minimum absolute atomic E-state index is 0.0400. The number of hydrogen-bond donors (Lipinski definition) is 1. The lowest BCUT2D eigenvalue weighted by molar-refractivity contribution is -0.138.